The summed E-state index contributed by atoms with van der Waals surface area (Å²) in [6.07, 6.45) is 2.79. The van der Waals surface area contributed by atoms with Gasteiger partial charge in [0.25, 0.3) is 5.91 Å². The number of nitrogens with zero attached hydrogens (tertiary/aromatic N) is 2. The van der Waals surface area contributed by atoms with Gasteiger partial charge >= 0.3 is 0 Å². The maximum atomic E-state index is 12.8. The van der Waals surface area contributed by atoms with Gasteiger partial charge in [-0.15, -0.1) is 0 Å². The zero-order chi connectivity index (χ0) is 22.9. The third-order valence-corrected chi connectivity index (χ3v) is 6.38. The lowest BCUT2D eigenvalue weighted by atomic mass is 9.79. The third-order valence-electron chi connectivity index (χ3n) is 6.38. The molecule has 0 bridgehead atoms. The molecule has 0 aromatic heterocycles. The van der Waals surface area contributed by atoms with E-state index < -0.39 is 0 Å². The second-order valence-electron chi connectivity index (χ2n) is 9.37. The molecule has 31 heavy (non-hydrogen) atoms. The number of amides is 1. The minimum atomic E-state index is -0.379. The second kappa shape index (κ2) is 8.59. The van der Waals surface area contributed by atoms with Crippen molar-refractivity contribution in [1.82, 2.24) is 0 Å². The number of carbonyl (C=O) groups excluding carboxylic acids is 1. The molecule has 0 saturated heterocycles. The average Bonchev–Trinajstić information content (AvgIpc) is 2.68. The predicted octanol–water partition coefficient (Wildman–Crippen LogP) is 6.27. The Morgan fingerprint density at radius 3 is 2.55 bits per heavy atom. The molecule has 0 spiro atoms. The minimum Gasteiger partial charge on any atom is -0.366 e. The molecule has 2 aromatic rings. The molecule has 0 fully saturated rings. The molecular weight excluding hydrogens is 382 g/mol. The van der Waals surface area contributed by atoms with Crippen molar-refractivity contribution in [3.63, 3.8) is 0 Å². The molecular formula is C27H33N3O. The zero-order valence-corrected chi connectivity index (χ0v) is 19.8. The summed E-state index contributed by atoms with van der Waals surface area (Å²) in [4.78, 5) is 15.3. The molecule has 1 heterocycles. The largest absolute Gasteiger partial charge is 0.366 e. The fourth-order valence-corrected chi connectivity index (χ4v) is 4.85. The average molecular weight is 416 g/mol. The topological polar surface area (TPSA) is 56.1 Å². The highest BCUT2D eigenvalue weighted by atomic mass is 16.1. The molecule has 1 amide bonds. The maximum absolute atomic E-state index is 12.8. The lowest BCUT2D eigenvalue weighted by molar-refractivity contribution is -0.112. The zero-order valence-electron chi connectivity index (χ0n) is 19.8. The highest BCUT2D eigenvalue weighted by Crippen LogP contribution is 2.44. The highest BCUT2D eigenvalue weighted by Gasteiger charge is 2.35. The Labute approximate surface area is 186 Å². The summed E-state index contributed by atoms with van der Waals surface area (Å²) in [5.74, 6) is 0.0334. The van der Waals surface area contributed by atoms with Crippen LogP contribution in [0.5, 0.6) is 0 Å². The molecule has 4 nitrogen and oxygen atoms in total. The Kier molecular flexibility index (Phi) is 6.27. The van der Waals surface area contributed by atoms with Gasteiger partial charge in [-0.3, -0.25) is 4.79 Å². The molecule has 162 valence electrons. The monoisotopic (exact) mass is 415 g/mol. The normalized spacial score (nSPS) is 17.7. The molecule has 3 rings (SSSR count). The van der Waals surface area contributed by atoms with E-state index in [4.69, 9.17) is 0 Å². The summed E-state index contributed by atoms with van der Waals surface area (Å²) in [7, 11) is 0. The van der Waals surface area contributed by atoms with E-state index in [1.54, 1.807) is 6.08 Å². The van der Waals surface area contributed by atoms with Gasteiger partial charge in [-0.2, -0.15) is 5.26 Å². The fourth-order valence-electron chi connectivity index (χ4n) is 4.85. The third kappa shape index (κ3) is 4.51. The van der Waals surface area contributed by atoms with E-state index >= 15 is 0 Å². The lowest BCUT2D eigenvalue weighted by Gasteiger charge is -2.47. The van der Waals surface area contributed by atoms with E-state index in [1.165, 1.54) is 11.3 Å². The van der Waals surface area contributed by atoms with Gasteiger partial charge in [-0.05, 0) is 100 Å². The van der Waals surface area contributed by atoms with Gasteiger partial charge in [-0.25, -0.2) is 0 Å². The molecule has 0 unspecified atom stereocenters. The summed E-state index contributed by atoms with van der Waals surface area (Å²) in [6, 6.07) is 12.3. The Bertz CT molecular complexity index is 1090. The van der Waals surface area contributed by atoms with Crippen molar-refractivity contribution in [2.75, 3.05) is 16.8 Å². The Balaban J connectivity index is 1.97. The number of carbonyl (C=O) groups is 1. The van der Waals surface area contributed by atoms with E-state index in [0.717, 1.165) is 40.9 Å². The fraction of sp³-hybridized carbons (Fsp3) is 0.407. The minimum absolute atomic E-state index is 0.106. The molecule has 1 aliphatic heterocycles. The van der Waals surface area contributed by atoms with Crippen LogP contribution >= 0.6 is 0 Å². The van der Waals surface area contributed by atoms with Crippen LogP contribution in [0.2, 0.25) is 0 Å². The van der Waals surface area contributed by atoms with E-state index in [0.29, 0.717) is 5.92 Å². The van der Waals surface area contributed by atoms with Crippen LogP contribution in [0.1, 0.15) is 67.9 Å². The van der Waals surface area contributed by atoms with E-state index in [2.05, 4.69) is 56.1 Å². The number of rotatable bonds is 4. The number of anilines is 2. The molecule has 0 saturated carbocycles. The highest BCUT2D eigenvalue weighted by molar-refractivity contribution is 6.10. The molecule has 4 heteroatoms. The number of fused-ring (bicyclic) bond motifs is 1. The Hall–Kier alpha value is -3.06. The van der Waals surface area contributed by atoms with Crippen molar-refractivity contribution in [2.24, 2.45) is 0 Å². The van der Waals surface area contributed by atoms with Gasteiger partial charge in [0, 0.05) is 23.5 Å². The van der Waals surface area contributed by atoms with Crippen molar-refractivity contribution in [1.29, 1.82) is 5.26 Å². The Morgan fingerprint density at radius 1 is 1.23 bits per heavy atom. The standard InChI is InChI=1S/C27H33N3O/c1-8-30-25-12-18(3)21(14-23(25)20(5)15-27(30,6)7)13-22(16-28)26(31)29-24-10-9-17(2)11-19(24)4/h9-14,20H,8,15H2,1-7H3,(H,29,31)/b22-13-/t20-/m0/s1. The van der Waals surface area contributed by atoms with Crippen molar-refractivity contribution < 1.29 is 4.79 Å². The van der Waals surface area contributed by atoms with Crippen molar-refractivity contribution in [3.8, 4) is 6.07 Å². The summed E-state index contributed by atoms with van der Waals surface area (Å²) in [5.41, 5.74) is 7.59. The van der Waals surface area contributed by atoms with E-state index in [9.17, 15) is 10.1 Å². The van der Waals surface area contributed by atoms with Gasteiger partial charge in [0.1, 0.15) is 11.6 Å². The van der Waals surface area contributed by atoms with Crippen molar-refractivity contribution in [2.45, 2.75) is 66.3 Å². The number of hydrogen-bond acceptors (Lipinski definition) is 3. The van der Waals surface area contributed by atoms with Crippen LogP contribution in [-0.4, -0.2) is 18.0 Å². The van der Waals surface area contributed by atoms with E-state index in [-0.39, 0.29) is 17.0 Å². The lowest BCUT2D eigenvalue weighted by Crippen LogP contribution is -2.48. The smallest absolute Gasteiger partial charge is 0.266 e. The number of nitrogens with one attached hydrogen (secondary N) is 1. The van der Waals surface area contributed by atoms with Crippen LogP contribution in [0, 0.1) is 32.1 Å². The van der Waals surface area contributed by atoms with Crippen molar-refractivity contribution in [3.05, 3.63) is 63.7 Å². The molecule has 1 atom stereocenters. The molecule has 1 N–H and O–H groups in total. The molecule has 2 aromatic carbocycles. The first-order valence-electron chi connectivity index (χ1n) is 11.0. The molecule has 1 aliphatic rings. The van der Waals surface area contributed by atoms with Gasteiger partial charge < -0.3 is 10.2 Å². The summed E-state index contributed by atoms with van der Waals surface area (Å²) in [5, 5.41) is 12.6. The first kappa shape index (κ1) is 22.6. The molecule has 0 radical (unpaired) electrons. The Morgan fingerprint density at radius 2 is 1.94 bits per heavy atom. The number of hydrogen-bond donors (Lipinski definition) is 1. The van der Waals surface area contributed by atoms with E-state index in [1.807, 2.05) is 39.0 Å². The quantitative estimate of drug-likeness (QED) is 0.473. The van der Waals surface area contributed by atoms with Gasteiger partial charge in [0.05, 0.1) is 0 Å². The van der Waals surface area contributed by atoms with Gasteiger partial charge in [-0.1, -0.05) is 24.6 Å². The summed E-state index contributed by atoms with van der Waals surface area (Å²) < 4.78 is 0. The predicted molar refractivity (Wildman–Crippen MR) is 129 cm³/mol. The van der Waals surface area contributed by atoms with Gasteiger partial charge in [0.15, 0.2) is 0 Å². The number of nitriles is 1. The van der Waals surface area contributed by atoms with Crippen LogP contribution in [0.25, 0.3) is 6.08 Å². The van der Waals surface area contributed by atoms with Gasteiger partial charge in [0.2, 0.25) is 0 Å². The van der Waals surface area contributed by atoms with Crippen LogP contribution in [0.4, 0.5) is 11.4 Å². The first-order chi connectivity index (χ1) is 14.6. The van der Waals surface area contributed by atoms with Crippen LogP contribution < -0.4 is 10.2 Å². The summed E-state index contributed by atoms with van der Waals surface area (Å²) in [6.45, 7) is 16.0. The first-order valence-corrected chi connectivity index (χ1v) is 11.0. The second-order valence-corrected chi connectivity index (χ2v) is 9.37. The van der Waals surface area contributed by atoms with Crippen LogP contribution in [0.3, 0.4) is 0 Å². The summed E-state index contributed by atoms with van der Waals surface area (Å²) >= 11 is 0. The van der Waals surface area contributed by atoms with Crippen molar-refractivity contribution >= 4 is 23.4 Å². The maximum Gasteiger partial charge on any atom is 0.266 e. The van der Waals surface area contributed by atoms with Crippen LogP contribution in [-0.2, 0) is 4.79 Å². The molecule has 0 aliphatic carbocycles. The SMILES string of the molecule is CCN1c2cc(C)c(/C=C(/C#N)C(=O)Nc3ccc(C)cc3C)cc2[C@@H](C)CC1(C)C. The van der Waals surface area contributed by atoms with Crippen LogP contribution in [0.15, 0.2) is 35.9 Å². The number of benzene rings is 2. The number of aryl methyl sites for hydroxylation is 3.